The maximum atomic E-state index is 13.4. The summed E-state index contributed by atoms with van der Waals surface area (Å²) in [5, 5.41) is 17.2. The third-order valence-electron chi connectivity index (χ3n) is 6.03. The van der Waals surface area contributed by atoms with E-state index in [1.165, 1.54) is 0 Å². The third-order valence-corrected chi connectivity index (χ3v) is 6.03. The number of benzene rings is 1. The van der Waals surface area contributed by atoms with Gasteiger partial charge in [-0.05, 0) is 24.3 Å². The predicted octanol–water partition coefficient (Wildman–Crippen LogP) is -1.93. The number of rotatable bonds is 17. The van der Waals surface area contributed by atoms with Gasteiger partial charge in [-0.15, -0.1) is 0 Å². The Morgan fingerprint density at radius 1 is 0.923 bits per heavy atom. The van der Waals surface area contributed by atoms with E-state index < -0.39 is 60.2 Å². The maximum Gasteiger partial charge on any atom is 0.326 e. The van der Waals surface area contributed by atoms with E-state index in [0.29, 0.717) is 12.8 Å². The minimum atomic E-state index is -1.27. The minimum Gasteiger partial charge on any atom is -0.480 e. The highest BCUT2D eigenvalue weighted by Crippen LogP contribution is 2.11. The molecule has 0 bridgehead atoms. The fourth-order valence-electron chi connectivity index (χ4n) is 3.63. The fraction of sp³-hybridized carbons (Fsp3) is 0.520. The second-order valence-corrected chi connectivity index (χ2v) is 9.25. The Hall–Kier alpha value is -4.20. The highest BCUT2D eigenvalue weighted by atomic mass is 16.4. The number of carbonyl (C=O) groups excluding carboxylic acids is 4. The van der Waals surface area contributed by atoms with Crippen molar-refractivity contribution in [1.29, 1.82) is 0 Å². The predicted molar refractivity (Wildman–Crippen MR) is 145 cm³/mol. The van der Waals surface area contributed by atoms with Gasteiger partial charge in [0.2, 0.25) is 23.6 Å². The summed E-state index contributed by atoms with van der Waals surface area (Å²) in [4.78, 5) is 65.8. The Morgan fingerprint density at radius 3 is 2.08 bits per heavy atom. The van der Waals surface area contributed by atoms with E-state index in [2.05, 4.69) is 20.9 Å². The SMILES string of the molecule is CCC(C)C(NC(=O)C(Cc1ccccc1)NC(=O)C(N)CC(N)=O)C(=O)NC(CCCN=C(N)N)C(=O)O. The first-order chi connectivity index (χ1) is 18.3. The molecule has 0 aromatic heterocycles. The third kappa shape index (κ3) is 12.3. The topological polar surface area (TPSA) is 258 Å². The molecule has 0 aliphatic carbocycles. The van der Waals surface area contributed by atoms with Gasteiger partial charge in [-0.2, -0.15) is 0 Å². The van der Waals surface area contributed by atoms with Gasteiger partial charge in [-0.25, -0.2) is 4.79 Å². The van der Waals surface area contributed by atoms with E-state index in [0.717, 1.165) is 5.56 Å². The Bertz CT molecular complexity index is 1020. The summed E-state index contributed by atoms with van der Waals surface area (Å²) >= 11 is 0. The van der Waals surface area contributed by atoms with E-state index >= 15 is 0 Å². The first kappa shape index (κ1) is 32.8. The Morgan fingerprint density at radius 2 is 1.54 bits per heavy atom. The van der Waals surface area contributed by atoms with Crippen LogP contribution in [0.15, 0.2) is 35.3 Å². The first-order valence-electron chi connectivity index (χ1n) is 12.6. The van der Waals surface area contributed by atoms with Gasteiger partial charge in [-0.1, -0.05) is 50.6 Å². The van der Waals surface area contributed by atoms with Crippen molar-refractivity contribution in [2.24, 2.45) is 33.8 Å². The average molecular weight is 549 g/mol. The number of aliphatic imine (C=N–C) groups is 1. The molecule has 12 N–H and O–H groups in total. The van der Waals surface area contributed by atoms with Crippen molar-refractivity contribution in [3.05, 3.63) is 35.9 Å². The van der Waals surface area contributed by atoms with E-state index in [1.54, 1.807) is 37.3 Å². The number of amides is 4. The normalized spacial score (nSPS) is 14.5. The average Bonchev–Trinajstić information content (AvgIpc) is 2.87. The monoisotopic (exact) mass is 548 g/mol. The quantitative estimate of drug-likeness (QED) is 0.0611. The zero-order valence-electron chi connectivity index (χ0n) is 22.3. The minimum absolute atomic E-state index is 0.0590. The molecule has 0 aliphatic heterocycles. The largest absolute Gasteiger partial charge is 0.480 e. The van der Waals surface area contributed by atoms with E-state index in [4.69, 9.17) is 22.9 Å². The number of hydrogen-bond donors (Lipinski definition) is 8. The molecular weight excluding hydrogens is 508 g/mol. The van der Waals surface area contributed by atoms with Crippen molar-refractivity contribution in [1.82, 2.24) is 16.0 Å². The lowest BCUT2D eigenvalue weighted by Gasteiger charge is -2.28. The van der Waals surface area contributed by atoms with Gasteiger partial charge < -0.3 is 44.0 Å². The van der Waals surface area contributed by atoms with Gasteiger partial charge in [0.05, 0.1) is 12.5 Å². The zero-order valence-corrected chi connectivity index (χ0v) is 22.3. The van der Waals surface area contributed by atoms with Gasteiger partial charge in [-0.3, -0.25) is 24.2 Å². The number of nitrogens with one attached hydrogen (secondary N) is 3. The van der Waals surface area contributed by atoms with Crippen molar-refractivity contribution < 1.29 is 29.1 Å². The summed E-state index contributed by atoms with van der Waals surface area (Å²) in [6.07, 6.45) is 0.498. The molecule has 39 heavy (non-hydrogen) atoms. The fourth-order valence-corrected chi connectivity index (χ4v) is 3.63. The van der Waals surface area contributed by atoms with Crippen molar-refractivity contribution in [3.8, 4) is 0 Å². The number of nitrogens with zero attached hydrogens (tertiary/aromatic N) is 1. The van der Waals surface area contributed by atoms with Crippen LogP contribution in [0.5, 0.6) is 0 Å². The van der Waals surface area contributed by atoms with Crippen molar-refractivity contribution in [3.63, 3.8) is 0 Å². The summed E-state index contributed by atoms with van der Waals surface area (Å²) in [6.45, 7) is 3.73. The molecule has 216 valence electrons. The number of aliphatic carboxylic acids is 1. The number of primary amides is 1. The van der Waals surface area contributed by atoms with Crippen LogP contribution in [0.4, 0.5) is 0 Å². The molecule has 1 aromatic rings. The summed E-state index contributed by atoms with van der Waals surface area (Å²) in [6, 6.07) is 4.09. The van der Waals surface area contributed by atoms with Crippen LogP contribution in [0, 0.1) is 5.92 Å². The van der Waals surface area contributed by atoms with Crippen molar-refractivity contribution >= 4 is 35.6 Å². The number of nitrogens with two attached hydrogens (primary N) is 4. The molecule has 0 aliphatic rings. The highest BCUT2D eigenvalue weighted by Gasteiger charge is 2.33. The van der Waals surface area contributed by atoms with Crippen LogP contribution in [0.1, 0.15) is 45.1 Å². The Kier molecular flexibility index (Phi) is 14.0. The lowest BCUT2D eigenvalue weighted by atomic mass is 9.96. The van der Waals surface area contributed by atoms with Gasteiger partial charge >= 0.3 is 5.97 Å². The van der Waals surface area contributed by atoms with Crippen LogP contribution in [0.3, 0.4) is 0 Å². The van der Waals surface area contributed by atoms with Gasteiger partial charge in [0.25, 0.3) is 0 Å². The summed E-state index contributed by atoms with van der Waals surface area (Å²) in [5.41, 5.74) is 22.1. The second-order valence-electron chi connectivity index (χ2n) is 9.25. The molecule has 14 nitrogen and oxygen atoms in total. The van der Waals surface area contributed by atoms with Gasteiger partial charge in [0.1, 0.15) is 18.1 Å². The van der Waals surface area contributed by atoms with Crippen molar-refractivity contribution in [2.75, 3.05) is 6.54 Å². The van der Waals surface area contributed by atoms with Gasteiger partial charge in [0, 0.05) is 13.0 Å². The molecule has 5 unspecified atom stereocenters. The van der Waals surface area contributed by atoms with E-state index in [1.807, 2.05) is 6.92 Å². The Labute approximate surface area is 227 Å². The Balaban J connectivity index is 3.08. The maximum absolute atomic E-state index is 13.4. The van der Waals surface area contributed by atoms with E-state index in [9.17, 15) is 29.1 Å². The van der Waals surface area contributed by atoms with Crippen molar-refractivity contribution in [2.45, 2.75) is 70.1 Å². The van der Waals surface area contributed by atoms with E-state index in [-0.39, 0.29) is 31.3 Å². The zero-order chi connectivity index (χ0) is 29.5. The van der Waals surface area contributed by atoms with Crippen LogP contribution >= 0.6 is 0 Å². The smallest absolute Gasteiger partial charge is 0.326 e. The standard InChI is InChI=1S/C25H40N8O6/c1-3-14(2)20(23(37)31-17(24(38)39)10-7-11-30-25(28)29)33-22(36)18(12-15-8-5-4-6-9-15)32-21(35)16(26)13-19(27)34/h4-6,8-9,14,16-18,20H,3,7,10-13,26H2,1-2H3,(H2,27,34)(H,31,37)(H,32,35)(H,33,36)(H,38,39)(H4,28,29,30). The first-order valence-corrected chi connectivity index (χ1v) is 12.6. The number of hydrogen-bond acceptors (Lipinski definition) is 7. The van der Waals surface area contributed by atoms with Crippen LogP contribution in [-0.2, 0) is 30.4 Å². The summed E-state index contributed by atoms with van der Waals surface area (Å²) in [7, 11) is 0. The van der Waals surface area contributed by atoms with Crippen LogP contribution in [-0.4, -0.2) is 71.4 Å². The molecule has 4 amide bonds. The lowest BCUT2D eigenvalue weighted by Crippen LogP contribution is -2.59. The molecule has 0 saturated heterocycles. The lowest BCUT2D eigenvalue weighted by molar-refractivity contribution is -0.142. The summed E-state index contributed by atoms with van der Waals surface area (Å²) < 4.78 is 0. The number of carbonyl (C=O) groups is 5. The highest BCUT2D eigenvalue weighted by molar-refractivity contribution is 5.95. The molecule has 1 rings (SSSR count). The molecule has 5 atom stereocenters. The molecule has 0 spiro atoms. The molecule has 0 heterocycles. The number of guanidine groups is 1. The molecule has 0 saturated carbocycles. The number of carboxylic acid groups (broad SMARTS) is 1. The summed E-state index contributed by atoms with van der Waals surface area (Å²) in [5.74, 6) is -4.67. The van der Waals surface area contributed by atoms with Gasteiger partial charge in [0.15, 0.2) is 5.96 Å². The molecule has 14 heteroatoms. The molecular formula is C25H40N8O6. The number of carboxylic acids is 1. The molecule has 1 aromatic carbocycles. The van der Waals surface area contributed by atoms with Crippen LogP contribution < -0.4 is 38.9 Å². The molecule has 0 radical (unpaired) electrons. The van der Waals surface area contributed by atoms with Crippen LogP contribution in [0.2, 0.25) is 0 Å². The van der Waals surface area contributed by atoms with Crippen LogP contribution in [0.25, 0.3) is 0 Å². The molecule has 0 fully saturated rings. The second kappa shape index (κ2) is 16.6.